The molecule has 0 spiro atoms. The van der Waals surface area contributed by atoms with E-state index in [2.05, 4.69) is 5.32 Å². The van der Waals surface area contributed by atoms with Crippen LogP contribution in [0.5, 0.6) is 0 Å². The van der Waals surface area contributed by atoms with E-state index in [9.17, 15) is 8.42 Å². The van der Waals surface area contributed by atoms with Crippen LogP contribution in [-0.2, 0) is 14.8 Å². The summed E-state index contributed by atoms with van der Waals surface area (Å²) in [6, 6.07) is 0.573. The van der Waals surface area contributed by atoms with E-state index in [0.717, 1.165) is 12.8 Å². The van der Waals surface area contributed by atoms with Gasteiger partial charge in [0.15, 0.2) is 0 Å². The van der Waals surface area contributed by atoms with E-state index in [1.165, 1.54) is 12.8 Å². The Kier molecular flexibility index (Phi) is 5.00. The third-order valence-corrected chi connectivity index (χ3v) is 5.44. The average Bonchev–Trinajstić information content (AvgIpc) is 3.14. The van der Waals surface area contributed by atoms with E-state index in [-0.39, 0.29) is 11.9 Å². The van der Waals surface area contributed by atoms with E-state index >= 15 is 0 Å². The second-order valence-electron chi connectivity index (χ2n) is 5.10. The van der Waals surface area contributed by atoms with Crippen molar-refractivity contribution in [1.29, 1.82) is 0 Å². The van der Waals surface area contributed by atoms with Gasteiger partial charge in [0.2, 0.25) is 10.0 Å². The minimum atomic E-state index is -3.07. The molecule has 0 radical (unpaired) electrons. The maximum Gasteiger partial charge on any atom is 0.215 e. The zero-order chi connectivity index (χ0) is 13.0. The van der Waals surface area contributed by atoms with Gasteiger partial charge in [0.05, 0.1) is 11.9 Å². The number of hydrogen-bond acceptors (Lipinski definition) is 4. The van der Waals surface area contributed by atoms with Gasteiger partial charge in [-0.05, 0) is 32.6 Å². The summed E-state index contributed by atoms with van der Waals surface area (Å²) in [4.78, 5) is 0. The van der Waals surface area contributed by atoms with Crippen molar-refractivity contribution in [2.24, 2.45) is 0 Å². The molecule has 0 unspecified atom stereocenters. The van der Waals surface area contributed by atoms with Crippen LogP contribution >= 0.6 is 0 Å². The highest BCUT2D eigenvalue weighted by atomic mass is 32.2. The fraction of sp³-hybridized carbons (Fsp3) is 1.00. The molecule has 0 bridgehead atoms. The molecule has 0 aromatic heterocycles. The van der Waals surface area contributed by atoms with Crippen molar-refractivity contribution in [3.05, 3.63) is 0 Å². The molecule has 6 heteroatoms. The first-order valence-corrected chi connectivity index (χ1v) is 8.55. The Balaban J connectivity index is 1.72. The Morgan fingerprint density at radius 3 is 2.44 bits per heavy atom. The molecule has 5 nitrogen and oxygen atoms in total. The first-order valence-electron chi connectivity index (χ1n) is 6.94. The van der Waals surface area contributed by atoms with Crippen molar-refractivity contribution in [3.63, 3.8) is 0 Å². The summed E-state index contributed by atoms with van der Waals surface area (Å²) < 4.78 is 31.3. The van der Waals surface area contributed by atoms with Crippen LogP contribution in [0.3, 0.4) is 0 Å². The molecule has 0 atom stereocenters. The van der Waals surface area contributed by atoms with Crippen molar-refractivity contribution in [1.82, 2.24) is 9.62 Å². The normalized spacial score (nSPS) is 23.4. The zero-order valence-corrected chi connectivity index (χ0v) is 11.9. The number of nitrogens with one attached hydrogen (secondary N) is 1. The molecule has 2 fully saturated rings. The number of rotatable bonds is 7. The minimum Gasteiger partial charge on any atom is -0.378 e. The summed E-state index contributed by atoms with van der Waals surface area (Å²) >= 11 is 0. The smallest absolute Gasteiger partial charge is 0.215 e. The maximum atomic E-state index is 12.1. The number of sulfonamides is 1. The van der Waals surface area contributed by atoms with Gasteiger partial charge < -0.3 is 10.1 Å². The van der Waals surface area contributed by atoms with Crippen LogP contribution in [0.1, 0.15) is 32.6 Å². The summed E-state index contributed by atoms with van der Waals surface area (Å²) in [5.74, 6) is 0.225. The molecule has 1 N–H and O–H groups in total. The van der Waals surface area contributed by atoms with Crippen LogP contribution < -0.4 is 5.32 Å². The van der Waals surface area contributed by atoms with Gasteiger partial charge in [-0.2, -0.15) is 0 Å². The third-order valence-electron chi connectivity index (χ3n) is 3.57. The molecule has 1 saturated carbocycles. The fourth-order valence-corrected chi connectivity index (χ4v) is 3.72. The minimum absolute atomic E-state index is 0.225. The number of hydrogen-bond donors (Lipinski definition) is 1. The van der Waals surface area contributed by atoms with E-state index in [4.69, 9.17) is 4.74 Å². The zero-order valence-electron chi connectivity index (χ0n) is 11.1. The largest absolute Gasteiger partial charge is 0.378 e. The Hall–Kier alpha value is -0.170. The van der Waals surface area contributed by atoms with Gasteiger partial charge in [0.25, 0.3) is 0 Å². The summed E-state index contributed by atoms with van der Waals surface area (Å²) in [6.45, 7) is 4.49. The van der Waals surface area contributed by atoms with Crippen LogP contribution in [-0.4, -0.2) is 56.9 Å². The van der Waals surface area contributed by atoms with Gasteiger partial charge >= 0.3 is 0 Å². The summed E-state index contributed by atoms with van der Waals surface area (Å²) in [5.41, 5.74) is 0. The molecule has 1 aliphatic heterocycles. The molecule has 1 heterocycles. The predicted octanol–water partition coefficient (Wildman–Crippen LogP) is 0.569. The van der Waals surface area contributed by atoms with Crippen LogP contribution in [0.2, 0.25) is 0 Å². The van der Waals surface area contributed by atoms with Crippen molar-refractivity contribution >= 4 is 10.0 Å². The first kappa shape index (κ1) is 14.2. The standard InChI is InChI=1S/C12H24N2O3S/c1-2-17-12-5-8-14(9-6-12)18(15,16)10-7-13-11-3-4-11/h11-13H,2-10H2,1H3. The maximum absolute atomic E-state index is 12.1. The van der Waals surface area contributed by atoms with E-state index in [1.54, 1.807) is 4.31 Å². The van der Waals surface area contributed by atoms with E-state index in [0.29, 0.717) is 32.3 Å². The van der Waals surface area contributed by atoms with E-state index in [1.807, 2.05) is 6.92 Å². The van der Waals surface area contributed by atoms with Gasteiger partial charge in [-0.3, -0.25) is 0 Å². The molecule has 0 aromatic rings. The van der Waals surface area contributed by atoms with Gasteiger partial charge in [0, 0.05) is 32.3 Å². The van der Waals surface area contributed by atoms with Crippen LogP contribution in [0.25, 0.3) is 0 Å². The predicted molar refractivity (Wildman–Crippen MR) is 71.0 cm³/mol. The highest BCUT2D eigenvalue weighted by Crippen LogP contribution is 2.19. The fourth-order valence-electron chi connectivity index (χ4n) is 2.32. The summed E-state index contributed by atoms with van der Waals surface area (Å²) in [5, 5.41) is 3.25. The summed E-state index contributed by atoms with van der Waals surface area (Å²) in [6.07, 6.45) is 4.28. The van der Waals surface area contributed by atoms with Gasteiger partial charge in [-0.25, -0.2) is 12.7 Å². The molecule has 1 aliphatic carbocycles. The molecular formula is C12H24N2O3S. The van der Waals surface area contributed by atoms with Gasteiger partial charge in [-0.15, -0.1) is 0 Å². The number of piperidine rings is 1. The number of ether oxygens (including phenoxy) is 1. The van der Waals surface area contributed by atoms with Gasteiger partial charge in [0.1, 0.15) is 0 Å². The SMILES string of the molecule is CCOC1CCN(S(=O)(=O)CCNC2CC2)CC1. The highest BCUT2D eigenvalue weighted by Gasteiger charge is 2.28. The topological polar surface area (TPSA) is 58.6 Å². The van der Waals surface area contributed by atoms with Crippen molar-refractivity contribution in [3.8, 4) is 0 Å². The Labute approximate surface area is 110 Å². The summed E-state index contributed by atoms with van der Waals surface area (Å²) in [7, 11) is -3.07. The van der Waals surface area contributed by atoms with Crippen LogP contribution in [0.15, 0.2) is 0 Å². The van der Waals surface area contributed by atoms with Crippen LogP contribution in [0.4, 0.5) is 0 Å². The van der Waals surface area contributed by atoms with Gasteiger partial charge in [-0.1, -0.05) is 0 Å². The molecule has 1 saturated heterocycles. The first-order chi connectivity index (χ1) is 8.62. The van der Waals surface area contributed by atoms with E-state index < -0.39 is 10.0 Å². The molecular weight excluding hydrogens is 252 g/mol. The molecule has 0 aromatic carbocycles. The van der Waals surface area contributed by atoms with Crippen molar-refractivity contribution in [2.45, 2.75) is 44.8 Å². The quantitative estimate of drug-likeness (QED) is 0.738. The molecule has 18 heavy (non-hydrogen) atoms. The molecule has 2 rings (SSSR count). The Bertz CT molecular complexity index is 346. The highest BCUT2D eigenvalue weighted by molar-refractivity contribution is 7.89. The van der Waals surface area contributed by atoms with Crippen molar-refractivity contribution < 1.29 is 13.2 Å². The lowest BCUT2D eigenvalue weighted by molar-refractivity contribution is 0.0290. The van der Waals surface area contributed by atoms with Crippen molar-refractivity contribution in [2.75, 3.05) is 32.0 Å². The monoisotopic (exact) mass is 276 g/mol. The average molecular weight is 276 g/mol. The second kappa shape index (κ2) is 6.32. The Morgan fingerprint density at radius 1 is 1.22 bits per heavy atom. The lowest BCUT2D eigenvalue weighted by Gasteiger charge is -2.31. The second-order valence-corrected chi connectivity index (χ2v) is 7.19. The lowest BCUT2D eigenvalue weighted by atomic mass is 10.1. The molecule has 0 amide bonds. The molecule has 2 aliphatic rings. The van der Waals surface area contributed by atoms with Crippen LogP contribution in [0, 0.1) is 0 Å². The third kappa shape index (κ3) is 4.19. The Morgan fingerprint density at radius 2 is 1.89 bits per heavy atom. The lowest BCUT2D eigenvalue weighted by Crippen LogP contribution is -2.43. The number of nitrogens with zero attached hydrogens (tertiary/aromatic N) is 1. The molecule has 106 valence electrons.